The monoisotopic (exact) mass is 96.1 g/mol. The van der Waals surface area contributed by atoms with Crippen LogP contribution in [0.2, 0.25) is 0 Å². The van der Waals surface area contributed by atoms with E-state index in [1.165, 1.54) is 0 Å². The third-order valence-electron chi connectivity index (χ3n) is 0.229. The van der Waals surface area contributed by atoms with Crippen molar-refractivity contribution in [1.82, 2.24) is 0 Å². The summed E-state index contributed by atoms with van der Waals surface area (Å²) in [5.41, 5.74) is -3.03. The molecule has 0 aliphatic rings. The first-order chi connectivity index (χ1) is 5.06. The van der Waals surface area contributed by atoms with E-state index in [9.17, 15) is 0 Å². The average molecular weight is 96.2 g/mol. The zero-order chi connectivity index (χ0) is 10.2. The van der Waals surface area contributed by atoms with Crippen molar-refractivity contribution in [3.63, 3.8) is 0 Å². The van der Waals surface area contributed by atoms with Crippen molar-refractivity contribution in [3.8, 4) is 0 Å². The largest absolute Gasteiger partial charge is 0.393 e. The summed E-state index contributed by atoms with van der Waals surface area (Å²) in [6.45, 7) is -7.56. The molecule has 0 fully saturated rings. The molecular formula is C4H10O2. The van der Waals surface area contributed by atoms with Gasteiger partial charge >= 0.3 is 0 Å². The SMILES string of the molecule is [2H]C([2H])([2H])C(O)(CO)C([2H])([2H])[2H]. The Balaban J connectivity index is 4.95. The van der Waals surface area contributed by atoms with E-state index in [2.05, 4.69) is 0 Å². The third-order valence-corrected chi connectivity index (χ3v) is 0.229. The van der Waals surface area contributed by atoms with Crippen molar-refractivity contribution in [1.29, 1.82) is 0 Å². The summed E-state index contributed by atoms with van der Waals surface area (Å²) >= 11 is 0. The molecule has 2 heteroatoms. The first-order valence-corrected chi connectivity index (χ1v) is 1.39. The first-order valence-electron chi connectivity index (χ1n) is 4.39. The molecule has 0 bridgehead atoms. The average Bonchev–Trinajstić information content (AvgIpc) is 1.81. The minimum absolute atomic E-state index is 1.32. The molecule has 0 rings (SSSR count). The lowest BCUT2D eigenvalue weighted by molar-refractivity contribution is 0.0183. The number of rotatable bonds is 1. The topological polar surface area (TPSA) is 40.5 Å². The smallest absolute Gasteiger partial charge is 0.0821 e. The molecular weight excluding hydrogens is 80.0 g/mol. The zero-order valence-electron chi connectivity index (χ0n) is 9.10. The molecule has 38 valence electrons. The van der Waals surface area contributed by atoms with Crippen molar-refractivity contribution in [3.05, 3.63) is 0 Å². The lowest BCUT2D eigenvalue weighted by Crippen LogP contribution is -2.23. The van der Waals surface area contributed by atoms with Gasteiger partial charge in [-0.1, -0.05) is 0 Å². The Morgan fingerprint density at radius 1 is 1.83 bits per heavy atom. The van der Waals surface area contributed by atoms with Gasteiger partial charge in [-0.15, -0.1) is 0 Å². The van der Waals surface area contributed by atoms with Crippen molar-refractivity contribution in [2.75, 3.05) is 6.61 Å². The fourth-order valence-corrected chi connectivity index (χ4v) is 0. The number of aliphatic hydroxyl groups is 2. The summed E-state index contributed by atoms with van der Waals surface area (Å²) in [5.74, 6) is 0. The Morgan fingerprint density at radius 2 is 2.33 bits per heavy atom. The van der Waals surface area contributed by atoms with Crippen molar-refractivity contribution in [2.45, 2.75) is 19.3 Å². The summed E-state index contributed by atoms with van der Waals surface area (Å²) in [5, 5.41) is 17.6. The fourth-order valence-electron chi connectivity index (χ4n) is 0. The van der Waals surface area contributed by atoms with Crippen LogP contribution < -0.4 is 0 Å². The molecule has 0 atom stereocenters. The molecule has 0 radical (unpaired) electrons. The van der Waals surface area contributed by atoms with E-state index in [1.54, 1.807) is 0 Å². The predicted molar refractivity (Wildman–Crippen MR) is 23.4 cm³/mol. The maximum absolute atomic E-state index is 9.12. The van der Waals surface area contributed by atoms with E-state index in [1.807, 2.05) is 0 Å². The molecule has 0 aromatic rings. The second kappa shape index (κ2) is 1.58. The summed E-state index contributed by atoms with van der Waals surface area (Å²) in [7, 11) is 0. The van der Waals surface area contributed by atoms with Crippen LogP contribution in [0.3, 0.4) is 0 Å². The normalized spacial score (nSPS) is 31.0. The maximum Gasteiger partial charge on any atom is 0.0821 e. The van der Waals surface area contributed by atoms with Crippen molar-refractivity contribution >= 4 is 0 Å². The Hall–Kier alpha value is -0.0800. The summed E-state index contributed by atoms with van der Waals surface area (Å²) in [6, 6.07) is 0. The van der Waals surface area contributed by atoms with Gasteiger partial charge in [0.25, 0.3) is 0 Å². The van der Waals surface area contributed by atoms with Gasteiger partial charge in [-0.25, -0.2) is 0 Å². The van der Waals surface area contributed by atoms with E-state index in [0.29, 0.717) is 0 Å². The van der Waals surface area contributed by atoms with Gasteiger partial charge in [0.2, 0.25) is 0 Å². The van der Waals surface area contributed by atoms with Crippen LogP contribution in [0.4, 0.5) is 0 Å². The van der Waals surface area contributed by atoms with Gasteiger partial charge in [0.1, 0.15) is 0 Å². The third kappa shape index (κ3) is 3.92. The van der Waals surface area contributed by atoms with E-state index < -0.39 is 25.9 Å². The second-order valence-corrected chi connectivity index (χ2v) is 1.02. The maximum atomic E-state index is 9.12. The molecule has 0 saturated carbocycles. The lowest BCUT2D eigenvalue weighted by Gasteiger charge is -2.10. The van der Waals surface area contributed by atoms with Crippen LogP contribution in [-0.4, -0.2) is 22.4 Å². The summed E-state index contributed by atoms with van der Waals surface area (Å²) in [6.07, 6.45) is 0. The highest BCUT2D eigenvalue weighted by Gasteiger charge is 2.07. The van der Waals surface area contributed by atoms with Gasteiger partial charge in [-0.3, -0.25) is 0 Å². The highest BCUT2D eigenvalue weighted by Crippen LogP contribution is 1.95. The highest BCUT2D eigenvalue weighted by atomic mass is 16.3. The minimum atomic E-state index is -3.12. The molecule has 0 saturated heterocycles. The van der Waals surface area contributed by atoms with Gasteiger partial charge < -0.3 is 10.2 Å². The zero-order valence-corrected chi connectivity index (χ0v) is 3.10. The van der Waals surface area contributed by atoms with Gasteiger partial charge in [0.05, 0.1) is 12.2 Å². The lowest BCUT2D eigenvalue weighted by atomic mass is 10.2. The molecule has 0 aromatic heterocycles. The van der Waals surface area contributed by atoms with E-state index in [-0.39, 0.29) is 0 Å². The van der Waals surface area contributed by atoms with Gasteiger partial charge in [0.15, 0.2) is 0 Å². The molecule has 2 N–H and O–H groups in total. The van der Waals surface area contributed by atoms with Crippen LogP contribution in [-0.2, 0) is 0 Å². The Kier molecular flexibility index (Phi) is 0.316. The van der Waals surface area contributed by atoms with Gasteiger partial charge in [0, 0.05) is 8.22 Å². The molecule has 0 aliphatic heterocycles. The van der Waals surface area contributed by atoms with Crippen LogP contribution in [0.15, 0.2) is 0 Å². The standard InChI is InChI=1S/C4H10O2/c1-4(2,6)3-5/h5-6H,3H2,1-2H3/i1D3,2D3. The molecule has 6 heavy (non-hydrogen) atoms. The fraction of sp³-hybridized carbons (Fsp3) is 1.00. The number of hydrogen-bond donors (Lipinski definition) is 2. The molecule has 2 nitrogen and oxygen atoms in total. The van der Waals surface area contributed by atoms with E-state index in [0.717, 1.165) is 0 Å². The molecule has 0 aromatic carbocycles. The molecule has 0 heterocycles. The van der Waals surface area contributed by atoms with Crippen LogP contribution >= 0.6 is 0 Å². The summed E-state index contributed by atoms with van der Waals surface area (Å²) in [4.78, 5) is 0. The van der Waals surface area contributed by atoms with Crippen molar-refractivity contribution in [2.24, 2.45) is 0 Å². The predicted octanol–water partition coefficient (Wildman–Crippen LogP) is -0.250. The van der Waals surface area contributed by atoms with Gasteiger partial charge in [-0.05, 0) is 13.7 Å². The van der Waals surface area contributed by atoms with E-state index in [4.69, 9.17) is 18.4 Å². The van der Waals surface area contributed by atoms with Gasteiger partial charge in [-0.2, -0.15) is 0 Å². The molecule has 0 amide bonds. The van der Waals surface area contributed by atoms with E-state index >= 15 is 0 Å². The van der Waals surface area contributed by atoms with Crippen LogP contribution in [0, 0.1) is 0 Å². The quantitative estimate of drug-likeness (QED) is 0.472. The number of hydrogen-bond acceptors (Lipinski definition) is 2. The minimum Gasteiger partial charge on any atom is -0.393 e. The molecule has 0 aliphatic carbocycles. The summed E-state index contributed by atoms with van der Waals surface area (Å²) < 4.78 is 40.2. The molecule has 0 spiro atoms. The first kappa shape index (κ1) is 1.20. The Labute approximate surface area is 45.9 Å². The van der Waals surface area contributed by atoms with Crippen LogP contribution in [0.5, 0.6) is 0 Å². The second-order valence-electron chi connectivity index (χ2n) is 1.02. The molecule has 0 unspecified atom stereocenters. The van der Waals surface area contributed by atoms with Crippen LogP contribution in [0.1, 0.15) is 21.9 Å². The highest BCUT2D eigenvalue weighted by molar-refractivity contribution is 4.59. The Bertz CT molecular complexity index is 144. The van der Waals surface area contributed by atoms with Crippen LogP contribution in [0.25, 0.3) is 0 Å². The number of aliphatic hydroxyl groups excluding tert-OH is 1. The Morgan fingerprint density at radius 3 is 2.33 bits per heavy atom. The van der Waals surface area contributed by atoms with Crippen molar-refractivity contribution < 1.29 is 18.4 Å².